The molecule has 4 aromatic rings. The lowest BCUT2D eigenvalue weighted by molar-refractivity contribution is -0.245. The molecule has 48 heavy (non-hydrogen) atoms. The Hall–Kier alpha value is -4.68. The van der Waals surface area contributed by atoms with Crippen molar-refractivity contribution in [1.82, 2.24) is 10.6 Å². The first kappa shape index (κ1) is 34.6. The molecule has 1 aliphatic heterocycles. The molecule has 0 spiro atoms. The van der Waals surface area contributed by atoms with Gasteiger partial charge >= 0.3 is 18.0 Å². The second kappa shape index (κ2) is 16.9. The van der Waals surface area contributed by atoms with Crippen LogP contribution < -0.4 is 10.6 Å². The maximum atomic E-state index is 12.2. The number of aliphatic hydroxyl groups is 1. The lowest BCUT2D eigenvalue weighted by Crippen LogP contribution is -2.38. The van der Waals surface area contributed by atoms with Gasteiger partial charge in [-0.05, 0) is 71.1 Å². The number of esters is 1. The molecule has 11 heteroatoms. The van der Waals surface area contributed by atoms with E-state index in [-0.39, 0.29) is 44.1 Å². The molecule has 1 heterocycles. The normalized spacial score (nSPS) is 17.3. The number of thioether (sulfide) groups is 1. The van der Waals surface area contributed by atoms with Gasteiger partial charge in [0.25, 0.3) is 0 Å². The minimum absolute atomic E-state index is 0.0375. The summed E-state index contributed by atoms with van der Waals surface area (Å²) in [7, 11) is 0. The molecule has 5 rings (SSSR count). The molecule has 0 saturated carbocycles. The van der Waals surface area contributed by atoms with Crippen LogP contribution in [0.4, 0.5) is 4.79 Å². The molecule has 4 N–H and O–H groups in total. The molecule has 250 valence electrons. The van der Waals surface area contributed by atoms with Gasteiger partial charge in [-0.15, -0.1) is 11.8 Å². The summed E-state index contributed by atoms with van der Waals surface area (Å²) in [6.07, 6.45) is -0.431. The lowest BCUT2D eigenvalue weighted by Gasteiger charge is -2.36. The number of ether oxygens (including phenoxy) is 3. The zero-order valence-electron chi connectivity index (χ0n) is 26.5. The number of carboxylic acid groups (broad SMARTS) is 1. The third-order valence-electron chi connectivity index (χ3n) is 7.72. The minimum Gasteiger partial charge on any atom is -0.478 e. The van der Waals surface area contributed by atoms with Crippen LogP contribution in [0.5, 0.6) is 0 Å². The van der Waals surface area contributed by atoms with E-state index >= 15 is 0 Å². The first-order chi connectivity index (χ1) is 23.3. The third kappa shape index (κ3) is 9.68. The van der Waals surface area contributed by atoms with Gasteiger partial charge < -0.3 is 35.1 Å². The number of carboxylic acids is 1. The van der Waals surface area contributed by atoms with Gasteiger partial charge in [-0.3, -0.25) is 4.79 Å². The quantitative estimate of drug-likeness (QED) is 0.0960. The van der Waals surface area contributed by atoms with Crippen LogP contribution in [0.3, 0.4) is 0 Å². The molecule has 3 atom stereocenters. The van der Waals surface area contributed by atoms with Gasteiger partial charge in [-0.1, -0.05) is 60.7 Å². The first-order valence-corrected chi connectivity index (χ1v) is 16.6. The minimum atomic E-state index is -0.960. The van der Waals surface area contributed by atoms with Crippen molar-refractivity contribution in [3.8, 4) is 11.1 Å². The molecule has 1 saturated heterocycles. The van der Waals surface area contributed by atoms with E-state index in [0.717, 1.165) is 38.3 Å². The predicted molar refractivity (Wildman–Crippen MR) is 181 cm³/mol. The standard InChI is InChI=1S/C37H38N2O8S/c1-2-45-34(41)21-39-37(44)38-20-25-5-3-6-28(17-25)29-7-4-8-30(18-29)36-46-31(23-48-32-15-13-27(14-16-32)35(42)43)19-33(47-36)26-11-9-24(22-40)10-12-26/h3-18,31,33,36,40H,2,19-23H2,1H3,(H,42,43)(H2,38,39,44). The van der Waals surface area contributed by atoms with Gasteiger partial charge in [-0.2, -0.15) is 0 Å². The zero-order valence-corrected chi connectivity index (χ0v) is 27.3. The van der Waals surface area contributed by atoms with Crippen molar-refractivity contribution in [3.63, 3.8) is 0 Å². The average Bonchev–Trinajstić information content (AvgIpc) is 3.12. The molecule has 0 bridgehead atoms. The molecule has 2 amide bonds. The zero-order chi connectivity index (χ0) is 33.9. The molecule has 0 radical (unpaired) electrons. The molecular formula is C37H38N2O8S. The van der Waals surface area contributed by atoms with Crippen molar-refractivity contribution < 1.29 is 38.8 Å². The van der Waals surface area contributed by atoms with Crippen LogP contribution in [0.2, 0.25) is 0 Å². The fourth-order valence-corrected chi connectivity index (χ4v) is 6.16. The Kier molecular flexibility index (Phi) is 12.2. The summed E-state index contributed by atoms with van der Waals surface area (Å²) in [5.41, 5.74) is 5.69. The van der Waals surface area contributed by atoms with Crippen molar-refractivity contribution in [1.29, 1.82) is 0 Å². The molecule has 0 aliphatic carbocycles. The Morgan fingerprint density at radius 1 is 0.854 bits per heavy atom. The number of carbonyl (C=O) groups excluding carboxylic acids is 2. The van der Waals surface area contributed by atoms with E-state index in [9.17, 15) is 24.6 Å². The van der Waals surface area contributed by atoms with Crippen molar-refractivity contribution in [2.45, 2.75) is 49.9 Å². The van der Waals surface area contributed by atoms with Gasteiger partial charge in [0.2, 0.25) is 0 Å². The van der Waals surface area contributed by atoms with Crippen LogP contribution in [0.15, 0.2) is 102 Å². The summed E-state index contributed by atoms with van der Waals surface area (Å²) >= 11 is 1.60. The highest BCUT2D eigenvalue weighted by molar-refractivity contribution is 7.99. The molecule has 10 nitrogen and oxygen atoms in total. The fraction of sp³-hybridized carbons (Fsp3) is 0.270. The number of aromatic carboxylic acids is 1. The Morgan fingerprint density at radius 3 is 2.29 bits per heavy atom. The van der Waals surface area contributed by atoms with Crippen molar-refractivity contribution in [3.05, 3.63) is 125 Å². The number of hydrogen-bond donors (Lipinski definition) is 4. The summed E-state index contributed by atoms with van der Waals surface area (Å²) < 4.78 is 17.9. The Morgan fingerprint density at radius 2 is 1.58 bits per heavy atom. The molecule has 0 aromatic heterocycles. The van der Waals surface area contributed by atoms with Gasteiger partial charge in [0, 0.05) is 29.2 Å². The maximum absolute atomic E-state index is 12.2. The largest absolute Gasteiger partial charge is 0.478 e. The van der Waals surface area contributed by atoms with Crippen LogP contribution in [-0.4, -0.2) is 53.2 Å². The number of benzene rings is 4. The van der Waals surface area contributed by atoms with Crippen molar-refractivity contribution >= 4 is 29.7 Å². The third-order valence-corrected chi connectivity index (χ3v) is 8.87. The van der Waals surface area contributed by atoms with Crippen molar-refractivity contribution in [2.24, 2.45) is 0 Å². The monoisotopic (exact) mass is 670 g/mol. The number of rotatable bonds is 13. The van der Waals surface area contributed by atoms with E-state index in [1.165, 1.54) is 0 Å². The van der Waals surface area contributed by atoms with Crippen LogP contribution in [-0.2, 0) is 32.2 Å². The number of carbonyl (C=O) groups is 3. The van der Waals surface area contributed by atoms with Crippen molar-refractivity contribution in [2.75, 3.05) is 18.9 Å². The molecule has 1 aliphatic rings. The SMILES string of the molecule is CCOC(=O)CNC(=O)NCc1cccc(-c2cccc(C3OC(CSc4ccc(C(=O)O)cc4)CC(c4ccc(CO)cc4)O3)c2)c1. The summed E-state index contributed by atoms with van der Waals surface area (Å²) in [6.45, 7) is 1.99. The van der Waals surface area contributed by atoms with E-state index in [0.29, 0.717) is 12.2 Å². The van der Waals surface area contributed by atoms with E-state index in [4.69, 9.17) is 14.2 Å². The van der Waals surface area contributed by atoms with Crippen LogP contribution in [0, 0.1) is 0 Å². The Labute approximate surface area is 283 Å². The number of amides is 2. The highest BCUT2D eigenvalue weighted by Crippen LogP contribution is 2.40. The number of urea groups is 1. The number of nitrogens with one attached hydrogen (secondary N) is 2. The summed E-state index contributed by atoms with van der Waals surface area (Å²) in [5.74, 6) is -0.818. The predicted octanol–water partition coefficient (Wildman–Crippen LogP) is 6.24. The smallest absolute Gasteiger partial charge is 0.335 e. The van der Waals surface area contributed by atoms with Gasteiger partial charge in [0.1, 0.15) is 6.54 Å². The summed E-state index contributed by atoms with van der Waals surface area (Å²) in [6, 6.07) is 29.9. The average molecular weight is 671 g/mol. The highest BCUT2D eigenvalue weighted by atomic mass is 32.2. The number of aliphatic hydroxyl groups excluding tert-OH is 1. The first-order valence-electron chi connectivity index (χ1n) is 15.6. The van der Waals surface area contributed by atoms with E-state index in [1.54, 1.807) is 43.0 Å². The van der Waals surface area contributed by atoms with Crippen LogP contribution in [0.25, 0.3) is 11.1 Å². The number of hydrogen-bond acceptors (Lipinski definition) is 8. The van der Waals surface area contributed by atoms with Crippen LogP contribution >= 0.6 is 11.8 Å². The van der Waals surface area contributed by atoms with Gasteiger partial charge in [0.15, 0.2) is 6.29 Å². The lowest BCUT2D eigenvalue weighted by atomic mass is 9.99. The fourth-order valence-electron chi connectivity index (χ4n) is 5.24. The Balaban J connectivity index is 1.29. The molecule has 4 aromatic carbocycles. The molecule has 3 unspecified atom stereocenters. The van der Waals surface area contributed by atoms with Crippen LogP contribution in [0.1, 0.15) is 58.4 Å². The topological polar surface area (TPSA) is 143 Å². The van der Waals surface area contributed by atoms with Gasteiger partial charge in [0.05, 0.1) is 31.0 Å². The summed E-state index contributed by atoms with van der Waals surface area (Å²) in [4.78, 5) is 35.9. The molecule has 1 fully saturated rings. The second-order valence-electron chi connectivity index (χ2n) is 11.2. The maximum Gasteiger partial charge on any atom is 0.335 e. The van der Waals surface area contributed by atoms with E-state index < -0.39 is 24.3 Å². The second-order valence-corrected chi connectivity index (χ2v) is 12.3. The molecular weight excluding hydrogens is 632 g/mol. The van der Waals surface area contributed by atoms with Gasteiger partial charge in [-0.25, -0.2) is 9.59 Å². The Bertz CT molecular complexity index is 1700. The van der Waals surface area contributed by atoms with E-state index in [1.807, 2.05) is 72.8 Å². The summed E-state index contributed by atoms with van der Waals surface area (Å²) in [5, 5.41) is 24.0. The highest BCUT2D eigenvalue weighted by Gasteiger charge is 2.32. The van der Waals surface area contributed by atoms with E-state index in [2.05, 4.69) is 10.6 Å².